The minimum Gasteiger partial charge on any atom is -0.434 e. The zero-order chi connectivity index (χ0) is 19.8. The molecule has 0 saturated carbocycles. The fourth-order valence-electron chi connectivity index (χ4n) is 2.21. The fraction of sp³-hybridized carbons (Fsp3) is 0.158. The Balaban J connectivity index is 2.48. The van der Waals surface area contributed by atoms with Gasteiger partial charge in [0, 0.05) is 7.05 Å². The van der Waals surface area contributed by atoms with Crippen LogP contribution in [-0.2, 0) is 4.74 Å². The van der Waals surface area contributed by atoms with Crippen LogP contribution in [0.2, 0.25) is 0 Å². The quantitative estimate of drug-likeness (QED) is 0.360. The second-order valence-corrected chi connectivity index (χ2v) is 5.09. The lowest BCUT2D eigenvalue weighted by Gasteiger charge is -2.13. The first-order chi connectivity index (χ1) is 13.0. The first-order valence-electron chi connectivity index (χ1n) is 7.97. The maximum Gasteiger partial charge on any atom is 0.513 e. The number of carbonyl (C=O) groups is 4. The van der Waals surface area contributed by atoms with Crippen LogP contribution in [0.3, 0.4) is 0 Å². The van der Waals surface area contributed by atoms with E-state index in [1.807, 2.05) is 0 Å². The molecule has 8 nitrogen and oxygen atoms in total. The Kier molecular flexibility index (Phi) is 6.65. The molecular formula is C19H17NO7. The van der Waals surface area contributed by atoms with Crippen LogP contribution in [0.25, 0.3) is 0 Å². The molecule has 0 heterocycles. The third kappa shape index (κ3) is 4.69. The monoisotopic (exact) mass is 371 g/mol. The van der Waals surface area contributed by atoms with Gasteiger partial charge in [0.25, 0.3) is 0 Å². The summed E-state index contributed by atoms with van der Waals surface area (Å²) in [5, 5.41) is 2.25. The third-order valence-corrected chi connectivity index (χ3v) is 3.40. The van der Waals surface area contributed by atoms with Crippen LogP contribution in [0.15, 0.2) is 42.5 Å². The van der Waals surface area contributed by atoms with Crippen molar-refractivity contribution in [2.45, 2.75) is 6.92 Å². The Morgan fingerprint density at radius 2 is 1.70 bits per heavy atom. The van der Waals surface area contributed by atoms with E-state index < -0.39 is 18.0 Å². The predicted octanol–water partition coefficient (Wildman–Crippen LogP) is 2.98. The van der Waals surface area contributed by atoms with Crippen molar-refractivity contribution in [3.63, 3.8) is 0 Å². The van der Waals surface area contributed by atoms with Gasteiger partial charge in [-0.15, -0.1) is 0 Å². The molecule has 1 N–H and O–H groups in total. The molecule has 0 aliphatic rings. The molecule has 0 unspecified atom stereocenters. The second-order valence-electron chi connectivity index (χ2n) is 5.09. The lowest BCUT2D eigenvalue weighted by atomic mass is 9.99. The summed E-state index contributed by atoms with van der Waals surface area (Å²) >= 11 is 0. The molecule has 2 aromatic rings. The molecule has 0 saturated heterocycles. The summed E-state index contributed by atoms with van der Waals surface area (Å²) in [5.74, 6) is -0.816. The Labute approximate surface area is 155 Å². The molecule has 0 aliphatic carbocycles. The van der Waals surface area contributed by atoms with E-state index in [1.165, 1.54) is 37.4 Å². The highest BCUT2D eigenvalue weighted by molar-refractivity contribution is 6.13. The smallest absolute Gasteiger partial charge is 0.434 e. The third-order valence-electron chi connectivity index (χ3n) is 3.40. The topological polar surface area (TPSA) is 108 Å². The first-order valence-corrected chi connectivity index (χ1v) is 7.97. The summed E-state index contributed by atoms with van der Waals surface area (Å²) < 4.78 is 14.9. The molecule has 2 aromatic carbocycles. The zero-order valence-corrected chi connectivity index (χ0v) is 14.7. The Hall–Kier alpha value is -3.68. The normalized spacial score (nSPS) is 9.85. The number of aldehydes is 1. The van der Waals surface area contributed by atoms with Gasteiger partial charge in [-0.3, -0.25) is 9.59 Å². The van der Waals surface area contributed by atoms with Gasteiger partial charge in [-0.25, -0.2) is 9.59 Å². The van der Waals surface area contributed by atoms with Crippen LogP contribution in [-0.4, -0.2) is 38.0 Å². The van der Waals surface area contributed by atoms with E-state index in [0.717, 1.165) is 0 Å². The van der Waals surface area contributed by atoms with Crippen molar-refractivity contribution in [2.24, 2.45) is 0 Å². The number of ether oxygens (including phenoxy) is 3. The number of benzene rings is 2. The maximum absolute atomic E-state index is 13.0. The van der Waals surface area contributed by atoms with Crippen molar-refractivity contribution in [3.8, 4) is 11.5 Å². The maximum atomic E-state index is 13.0. The summed E-state index contributed by atoms with van der Waals surface area (Å²) in [6, 6.07) is 10.3. The van der Waals surface area contributed by atoms with Crippen molar-refractivity contribution in [2.75, 3.05) is 13.7 Å². The Morgan fingerprint density at radius 3 is 2.37 bits per heavy atom. The average molecular weight is 371 g/mol. The van der Waals surface area contributed by atoms with Crippen LogP contribution in [0.4, 0.5) is 9.59 Å². The van der Waals surface area contributed by atoms with Gasteiger partial charge < -0.3 is 19.5 Å². The number of para-hydroxylation sites is 2. The highest BCUT2D eigenvalue weighted by Crippen LogP contribution is 2.29. The number of nitrogens with one attached hydrogen (secondary N) is 1. The Bertz CT molecular complexity index is 876. The minimum absolute atomic E-state index is 0.0215. The van der Waals surface area contributed by atoms with Crippen LogP contribution in [0.1, 0.15) is 33.2 Å². The zero-order valence-electron chi connectivity index (χ0n) is 14.7. The standard InChI is InChI=1S/C19H17NO7/c1-3-25-19(24)26-15-10-5-4-8-13(15)16(22)14-9-6-7-12(11-21)17(14)27-18(23)20-2/h4-11H,3H2,1-2H3,(H,20,23). The number of rotatable bonds is 6. The van der Waals surface area contributed by atoms with Gasteiger partial charge in [0.1, 0.15) is 5.75 Å². The summed E-state index contributed by atoms with van der Waals surface area (Å²) in [4.78, 5) is 47.5. The van der Waals surface area contributed by atoms with E-state index in [2.05, 4.69) is 5.32 Å². The highest BCUT2D eigenvalue weighted by atomic mass is 16.7. The first kappa shape index (κ1) is 19.6. The van der Waals surface area contributed by atoms with Gasteiger partial charge in [0.2, 0.25) is 5.78 Å². The molecule has 0 aliphatic heterocycles. The lowest BCUT2D eigenvalue weighted by molar-refractivity contribution is 0.1000. The number of hydrogen-bond donors (Lipinski definition) is 1. The van der Waals surface area contributed by atoms with Gasteiger partial charge in [-0.1, -0.05) is 18.2 Å². The van der Waals surface area contributed by atoms with E-state index in [1.54, 1.807) is 19.1 Å². The Morgan fingerprint density at radius 1 is 1.00 bits per heavy atom. The molecule has 0 radical (unpaired) electrons. The fourth-order valence-corrected chi connectivity index (χ4v) is 2.21. The summed E-state index contributed by atoms with van der Waals surface area (Å²) in [6.45, 7) is 1.73. The number of amides is 1. The average Bonchev–Trinajstić information content (AvgIpc) is 2.68. The number of ketones is 1. The predicted molar refractivity (Wildman–Crippen MR) is 94.4 cm³/mol. The highest BCUT2D eigenvalue weighted by Gasteiger charge is 2.23. The van der Waals surface area contributed by atoms with Gasteiger partial charge in [0.05, 0.1) is 23.3 Å². The molecule has 0 atom stereocenters. The van der Waals surface area contributed by atoms with Gasteiger partial charge in [0.15, 0.2) is 12.0 Å². The van der Waals surface area contributed by atoms with Crippen molar-refractivity contribution < 1.29 is 33.4 Å². The second kappa shape index (κ2) is 9.14. The van der Waals surface area contributed by atoms with Gasteiger partial charge >= 0.3 is 12.2 Å². The molecule has 0 fully saturated rings. The van der Waals surface area contributed by atoms with Crippen LogP contribution in [0, 0.1) is 0 Å². The number of hydrogen-bond acceptors (Lipinski definition) is 7. The molecule has 27 heavy (non-hydrogen) atoms. The van der Waals surface area contributed by atoms with Crippen LogP contribution >= 0.6 is 0 Å². The van der Waals surface area contributed by atoms with Crippen molar-refractivity contribution in [1.82, 2.24) is 5.32 Å². The molecule has 8 heteroatoms. The lowest BCUT2D eigenvalue weighted by Crippen LogP contribution is -2.24. The van der Waals surface area contributed by atoms with Crippen molar-refractivity contribution in [1.29, 1.82) is 0 Å². The van der Waals surface area contributed by atoms with E-state index in [9.17, 15) is 19.2 Å². The van der Waals surface area contributed by atoms with Gasteiger partial charge in [-0.2, -0.15) is 0 Å². The van der Waals surface area contributed by atoms with E-state index in [4.69, 9.17) is 14.2 Å². The summed E-state index contributed by atoms with van der Waals surface area (Å²) in [5.41, 5.74) is 0.0201. The number of carbonyl (C=O) groups excluding carboxylic acids is 4. The molecule has 2 rings (SSSR count). The molecular weight excluding hydrogens is 354 g/mol. The van der Waals surface area contributed by atoms with Crippen molar-refractivity contribution >= 4 is 24.3 Å². The van der Waals surface area contributed by atoms with Crippen LogP contribution < -0.4 is 14.8 Å². The van der Waals surface area contributed by atoms with Gasteiger partial charge in [-0.05, 0) is 31.2 Å². The van der Waals surface area contributed by atoms with E-state index >= 15 is 0 Å². The minimum atomic E-state index is -0.957. The SMILES string of the molecule is CCOC(=O)Oc1ccccc1C(=O)c1cccc(C=O)c1OC(=O)NC. The largest absolute Gasteiger partial charge is 0.513 e. The molecule has 140 valence electrons. The van der Waals surface area contributed by atoms with E-state index in [0.29, 0.717) is 6.29 Å². The summed E-state index contributed by atoms with van der Waals surface area (Å²) in [6.07, 6.45) is -1.33. The van der Waals surface area contributed by atoms with E-state index in [-0.39, 0.29) is 34.8 Å². The van der Waals surface area contributed by atoms with Crippen LogP contribution in [0.5, 0.6) is 11.5 Å². The molecule has 0 spiro atoms. The van der Waals surface area contributed by atoms with Crippen molar-refractivity contribution in [3.05, 3.63) is 59.2 Å². The molecule has 1 amide bonds. The summed E-state index contributed by atoms with van der Waals surface area (Å²) in [7, 11) is 1.34. The molecule has 0 aromatic heterocycles. The molecule has 0 bridgehead atoms.